The number of hydrogen-bond acceptors (Lipinski definition) is 3. The number of likely N-dealkylation sites (tertiary alicyclic amines) is 1. The van der Waals surface area contributed by atoms with Gasteiger partial charge >= 0.3 is 0 Å². The minimum Gasteiger partial charge on any atom is -0.277 e. The molecule has 0 bridgehead atoms. The van der Waals surface area contributed by atoms with Crippen LogP contribution in [-0.4, -0.2) is 16.7 Å². The van der Waals surface area contributed by atoms with Gasteiger partial charge in [-0.15, -0.1) is 0 Å². The van der Waals surface area contributed by atoms with Crippen LogP contribution in [0.2, 0.25) is 0 Å². The molecule has 1 aromatic carbocycles. The highest BCUT2D eigenvalue weighted by molar-refractivity contribution is 5.98. The molecule has 0 aromatic heterocycles. The topological polar surface area (TPSA) is 61.2 Å². The number of rotatable bonds is 2. The lowest BCUT2D eigenvalue weighted by atomic mass is 10.0. The Morgan fingerprint density at radius 3 is 2.67 bits per heavy atom. The average molecular weight is 242 g/mol. The van der Waals surface area contributed by atoms with Gasteiger partial charge in [0.1, 0.15) is 5.92 Å². The van der Waals surface area contributed by atoms with Crippen LogP contribution in [0.4, 0.5) is 0 Å². The fourth-order valence-corrected chi connectivity index (χ4v) is 2.08. The van der Waals surface area contributed by atoms with Crippen LogP contribution in [0.25, 0.3) is 0 Å². The normalized spacial score (nSPS) is 20.4. The number of carbonyl (C=O) groups excluding carboxylic acids is 2. The van der Waals surface area contributed by atoms with Gasteiger partial charge in [0.2, 0.25) is 11.8 Å². The SMILES string of the molecule is N#CC1CCCC(=O)N(Cc2ccccc2)C1=O. The molecule has 1 aromatic rings. The molecule has 2 amide bonds. The number of nitrogens with zero attached hydrogens (tertiary/aromatic N) is 2. The zero-order valence-corrected chi connectivity index (χ0v) is 10.0. The quantitative estimate of drug-likeness (QED) is 0.744. The molecule has 0 saturated carbocycles. The highest BCUT2D eigenvalue weighted by Crippen LogP contribution is 2.20. The van der Waals surface area contributed by atoms with Gasteiger partial charge in [0, 0.05) is 6.42 Å². The maximum absolute atomic E-state index is 12.1. The smallest absolute Gasteiger partial charge is 0.246 e. The van der Waals surface area contributed by atoms with E-state index in [9.17, 15) is 9.59 Å². The summed E-state index contributed by atoms with van der Waals surface area (Å²) in [7, 11) is 0. The van der Waals surface area contributed by atoms with Crippen molar-refractivity contribution in [3.05, 3.63) is 35.9 Å². The molecular weight excluding hydrogens is 228 g/mol. The molecule has 1 unspecified atom stereocenters. The van der Waals surface area contributed by atoms with Gasteiger partial charge in [-0.2, -0.15) is 5.26 Å². The van der Waals surface area contributed by atoms with E-state index in [1.165, 1.54) is 4.90 Å². The van der Waals surface area contributed by atoms with Gasteiger partial charge in [-0.05, 0) is 18.4 Å². The molecule has 1 atom stereocenters. The second-order valence-corrected chi connectivity index (χ2v) is 4.38. The van der Waals surface area contributed by atoms with Gasteiger partial charge in [-0.3, -0.25) is 14.5 Å². The van der Waals surface area contributed by atoms with Crippen molar-refractivity contribution >= 4 is 11.8 Å². The Kier molecular flexibility index (Phi) is 3.73. The van der Waals surface area contributed by atoms with Crippen LogP contribution in [-0.2, 0) is 16.1 Å². The number of carbonyl (C=O) groups is 2. The fraction of sp³-hybridized carbons (Fsp3) is 0.357. The van der Waals surface area contributed by atoms with E-state index >= 15 is 0 Å². The van der Waals surface area contributed by atoms with E-state index in [4.69, 9.17) is 5.26 Å². The minimum absolute atomic E-state index is 0.179. The first-order valence-corrected chi connectivity index (χ1v) is 6.00. The van der Waals surface area contributed by atoms with Gasteiger partial charge in [-0.1, -0.05) is 30.3 Å². The van der Waals surface area contributed by atoms with Crippen molar-refractivity contribution in [3.8, 4) is 6.07 Å². The van der Waals surface area contributed by atoms with Crippen molar-refractivity contribution < 1.29 is 9.59 Å². The second kappa shape index (κ2) is 5.46. The summed E-state index contributed by atoms with van der Waals surface area (Å²) < 4.78 is 0. The Balaban J connectivity index is 2.20. The first-order chi connectivity index (χ1) is 8.72. The maximum atomic E-state index is 12.1. The highest BCUT2D eigenvalue weighted by Gasteiger charge is 2.31. The third-order valence-corrected chi connectivity index (χ3v) is 3.09. The molecule has 0 spiro atoms. The van der Waals surface area contributed by atoms with Crippen LogP contribution in [0.5, 0.6) is 0 Å². The molecule has 4 heteroatoms. The largest absolute Gasteiger partial charge is 0.277 e. The minimum atomic E-state index is -0.680. The summed E-state index contributed by atoms with van der Waals surface area (Å²) in [6, 6.07) is 11.3. The molecule has 0 radical (unpaired) electrons. The van der Waals surface area contributed by atoms with Gasteiger partial charge < -0.3 is 0 Å². The van der Waals surface area contributed by atoms with E-state index in [1.54, 1.807) is 0 Å². The summed E-state index contributed by atoms with van der Waals surface area (Å²) in [6.45, 7) is 0.261. The van der Waals surface area contributed by atoms with Crippen molar-refractivity contribution in [1.82, 2.24) is 4.90 Å². The van der Waals surface area contributed by atoms with E-state index in [0.29, 0.717) is 19.3 Å². The molecule has 4 nitrogen and oxygen atoms in total. The Bertz CT molecular complexity index is 490. The van der Waals surface area contributed by atoms with Crippen LogP contribution in [0.3, 0.4) is 0 Å². The molecule has 2 rings (SSSR count). The summed E-state index contributed by atoms with van der Waals surface area (Å²) in [4.78, 5) is 25.2. The van der Waals surface area contributed by atoms with Crippen molar-refractivity contribution in [3.63, 3.8) is 0 Å². The van der Waals surface area contributed by atoms with E-state index in [1.807, 2.05) is 36.4 Å². The first kappa shape index (κ1) is 12.3. The molecule has 18 heavy (non-hydrogen) atoms. The van der Waals surface area contributed by atoms with Gasteiger partial charge in [0.25, 0.3) is 0 Å². The molecular formula is C14H14N2O2. The third-order valence-electron chi connectivity index (χ3n) is 3.09. The zero-order chi connectivity index (χ0) is 13.0. The molecule has 0 N–H and O–H groups in total. The third kappa shape index (κ3) is 2.57. The lowest BCUT2D eigenvalue weighted by molar-refractivity contribution is -0.145. The van der Waals surface area contributed by atoms with Gasteiger partial charge in [0.05, 0.1) is 12.6 Å². The highest BCUT2D eigenvalue weighted by atomic mass is 16.2. The van der Waals surface area contributed by atoms with E-state index in [0.717, 1.165) is 5.56 Å². The predicted octanol–water partition coefficient (Wildman–Crippen LogP) is 1.87. The number of benzene rings is 1. The Morgan fingerprint density at radius 2 is 2.00 bits per heavy atom. The summed E-state index contributed by atoms with van der Waals surface area (Å²) in [5.74, 6) is -1.22. The second-order valence-electron chi connectivity index (χ2n) is 4.38. The average Bonchev–Trinajstić information content (AvgIpc) is 2.53. The number of imide groups is 1. The first-order valence-electron chi connectivity index (χ1n) is 6.00. The molecule has 0 aliphatic carbocycles. The molecule has 1 heterocycles. The molecule has 1 fully saturated rings. The summed E-state index contributed by atoms with van der Waals surface area (Å²) in [6.07, 6.45) is 1.43. The summed E-state index contributed by atoms with van der Waals surface area (Å²) >= 11 is 0. The van der Waals surface area contributed by atoms with Crippen molar-refractivity contribution in [2.45, 2.75) is 25.8 Å². The van der Waals surface area contributed by atoms with Crippen LogP contribution >= 0.6 is 0 Å². The lowest BCUT2D eigenvalue weighted by Gasteiger charge is -2.20. The molecule has 92 valence electrons. The molecule has 1 aliphatic rings. The Hall–Kier alpha value is -2.15. The number of nitriles is 1. The standard InChI is InChI=1S/C14H14N2O2/c15-9-12-7-4-8-13(17)16(14(12)18)10-11-5-2-1-3-6-11/h1-3,5-6,12H,4,7-8,10H2. The summed E-state index contributed by atoms with van der Waals surface area (Å²) in [5, 5.41) is 8.95. The fourth-order valence-electron chi connectivity index (χ4n) is 2.08. The van der Waals surface area contributed by atoms with Crippen LogP contribution < -0.4 is 0 Å². The van der Waals surface area contributed by atoms with E-state index in [2.05, 4.69) is 0 Å². The molecule has 1 saturated heterocycles. The summed E-state index contributed by atoms with van der Waals surface area (Å²) in [5.41, 5.74) is 0.901. The van der Waals surface area contributed by atoms with Gasteiger partial charge in [-0.25, -0.2) is 0 Å². The number of hydrogen-bond donors (Lipinski definition) is 0. The Labute approximate surface area is 106 Å². The lowest BCUT2D eigenvalue weighted by Crippen LogP contribution is -2.37. The van der Waals surface area contributed by atoms with Crippen molar-refractivity contribution in [2.24, 2.45) is 5.92 Å². The predicted molar refractivity (Wildman–Crippen MR) is 65.0 cm³/mol. The van der Waals surface area contributed by atoms with Crippen molar-refractivity contribution in [1.29, 1.82) is 5.26 Å². The van der Waals surface area contributed by atoms with Crippen LogP contribution in [0.1, 0.15) is 24.8 Å². The monoisotopic (exact) mass is 242 g/mol. The number of amides is 2. The van der Waals surface area contributed by atoms with Crippen LogP contribution in [0, 0.1) is 17.2 Å². The van der Waals surface area contributed by atoms with Gasteiger partial charge in [0.15, 0.2) is 0 Å². The van der Waals surface area contributed by atoms with Crippen LogP contribution in [0.15, 0.2) is 30.3 Å². The zero-order valence-electron chi connectivity index (χ0n) is 10.0. The van der Waals surface area contributed by atoms with E-state index < -0.39 is 5.92 Å². The van der Waals surface area contributed by atoms with E-state index in [-0.39, 0.29) is 18.4 Å². The Morgan fingerprint density at radius 1 is 1.28 bits per heavy atom. The van der Waals surface area contributed by atoms with Crippen molar-refractivity contribution in [2.75, 3.05) is 0 Å². The molecule has 1 aliphatic heterocycles. The maximum Gasteiger partial charge on any atom is 0.246 e.